The van der Waals surface area contributed by atoms with Gasteiger partial charge in [-0.2, -0.15) is 5.10 Å². The van der Waals surface area contributed by atoms with Crippen LogP contribution in [0.3, 0.4) is 0 Å². The fourth-order valence-corrected chi connectivity index (χ4v) is 4.99. The highest BCUT2D eigenvalue weighted by molar-refractivity contribution is 5.98. The lowest BCUT2D eigenvalue weighted by atomic mass is 10.00. The van der Waals surface area contributed by atoms with Crippen LogP contribution in [0.25, 0.3) is 22.3 Å². The van der Waals surface area contributed by atoms with E-state index in [0.717, 1.165) is 35.1 Å². The highest BCUT2D eigenvalue weighted by Gasteiger charge is 2.28. The normalized spacial score (nSPS) is 15.6. The maximum atomic E-state index is 12.6. The van der Waals surface area contributed by atoms with Crippen LogP contribution < -0.4 is 5.73 Å². The molecule has 0 bridgehead atoms. The van der Waals surface area contributed by atoms with Gasteiger partial charge in [0.1, 0.15) is 17.8 Å². The van der Waals surface area contributed by atoms with Crippen molar-refractivity contribution in [3.05, 3.63) is 84.2 Å². The Kier molecular flexibility index (Phi) is 6.81. The van der Waals surface area contributed by atoms with Crippen molar-refractivity contribution in [2.24, 2.45) is 0 Å². The van der Waals surface area contributed by atoms with E-state index in [4.69, 9.17) is 10.8 Å². The summed E-state index contributed by atoms with van der Waals surface area (Å²) in [7, 11) is 0. The van der Waals surface area contributed by atoms with Crippen LogP contribution in [0.1, 0.15) is 46.8 Å². The number of aryl methyl sites for hydroxylation is 2. The van der Waals surface area contributed by atoms with Gasteiger partial charge in [0.2, 0.25) is 5.91 Å². The number of amides is 1. The number of nitrogen functional groups attached to an aromatic ring is 1. The Morgan fingerprint density at radius 2 is 1.97 bits per heavy atom. The first-order valence-corrected chi connectivity index (χ1v) is 12.5. The number of ketones is 1. The van der Waals surface area contributed by atoms with Gasteiger partial charge in [-0.25, -0.2) is 14.6 Å². The van der Waals surface area contributed by atoms with Gasteiger partial charge >= 0.3 is 0 Å². The fourth-order valence-electron chi connectivity index (χ4n) is 4.99. The first kappa shape index (κ1) is 24.4. The van der Waals surface area contributed by atoms with Crippen molar-refractivity contribution in [3.8, 4) is 11.3 Å². The number of hydrogen-bond acceptors (Lipinski definition) is 6. The molecule has 1 amide bonds. The molecule has 0 spiro atoms. The Morgan fingerprint density at radius 3 is 2.73 bits per heavy atom. The van der Waals surface area contributed by atoms with Gasteiger partial charge in [0, 0.05) is 30.6 Å². The standard InChI is InChI=1S/C29H30N6O2/c1-3-25(37)34-15-5-8-23(17-34)35-29-26(28(30)31-18-32-29)27(33-35)21-12-9-20(10-13-21)11-14-24(36)22-7-4-6-19(2)16-22/h3-4,6-7,9-10,12-13,16,18,23H,1,5,8,11,14-15,17H2,2H3,(H2,30,31,32)/t23-/m1/s1. The van der Waals surface area contributed by atoms with E-state index in [2.05, 4.69) is 16.5 Å². The van der Waals surface area contributed by atoms with Crippen LogP contribution in [0.2, 0.25) is 0 Å². The Hall–Kier alpha value is -4.33. The third-order valence-corrected chi connectivity index (χ3v) is 6.95. The summed E-state index contributed by atoms with van der Waals surface area (Å²) >= 11 is 0. The van der Waals surface area contributed by atoms with E-state index >= 15 is 0 Å². The summed E-state index contributed by atoms with van der Waals surface area (Å²) in [5, 5.41) is 5.64. The SMILES string of the molecule is C=CC(=O)N1CCC[C@@H](n2nc(-c3ccc(CCC(=O)c4cccc(C)c4)cc3)c3c(N)ncnc32)C1. The van der Waals surface area contributed by atoms with Crippen molar-refractivity contribution in [2.45, 2.75) is 38.6 Å². The number of benzene rings is 2. The third kappa shape index (κ3) is 5.00. The third-order valence-electron chi connectivity index (χ3n) is 6.95. The molecule has 1 aliphatic rings. The average molecular weight is 495 g/mol. The number of Topliss-reactive ketones (excluding diaryl/α,β-unsaturated/α-hetero) is 1. The molecule has 4 aromatic rings. The van der Waals surface area contributed by atoms with Gasteiger partial charge < -0.3 is 10.6 Å². The molecule has 0 radical (unpaired) electrons. The quantitative estimate of drug-likeness (QED) is 0.298. The maximum Gasteiger partial charge on any atom is 0.246 e. The number of piperidine rings is 1. The highest BCUT2D eigenvalue weighted by atomic mass is 16.2. The molecule has 188 valence electrons. The molecule has 2 aromatic carbocycles. The van der Waals surface area contributed by atoms with Gasteiger partial charge in [0.15, 0.2) is 11.4 Å². The zero-order chi connectivity index (χ0) is 25.9. The van der Waals surface area contributed by atoms with Crippen LogP contribution in [-0.4, -0.2) is 49.4 Å². The number of hydrogen-bond donors (Lipinski definition) is 1. The predicted octanol–water partition coefficient (Wildman–Crippen LogP) is 4.55. The van der Waals surface area contributed by atoms with Crippen LogP contribution in [0, 0.1) is 6.92 Å². The Morgan fingerprint density at radius 1 is 1.16 bits per heavy atom. The van der Waals surface area contributed by atoms with Gasteiger partial charge in [0.25, 0.3) is 0 Å². The lowest BCUT2D eigenvalue weighted by Crippen LogP contribution is -2.40. The molecule has 1 atom stereocenters. The number of rotatable bonds is 7. The molecule has 1 fully saturated rings. The van der Waals surface area contributed by atoms with E-state index in [1.807, 2.05) is 60.1 Å². The van der Waals surface area contributed by atoms with Crippen molar-refractivity contribution >= 4 is 28.5 Å². The number of fused-ring (bicyclic) bond motifs is 1. The van der Waals surface area contributed by atoms with Gasteiger partial charge in [-0.15, -0.1) is 0 Å². The number of nitrogens with zero attached hydrogens (tertiary/aromatic N) is 5. The molecule has 2 N–H and O–H groups in total. The number of likely N-dealkylation sites (tertiary alicyclic amines) is 1. The monoisotopic (exact) mass is 494 g/mol. The lowest BCUT2D eigenvalue weighted by Gasteiger charge is -2.32. The molecule has 3 heterocycles. The largest absolute Gasteiger partial charge is 0.383 e. The second kappa shape index (κ2) is 10.3. The van der Waals surface area contributed by atoms with Crippen LogP contribution in [-0.2, 0) is 11.2 Å². The number of anilines is 1. The number of nitrogens with two attached hydrogens (primary N) is 1. The lowest BCUT2D eigenvalue weighted by molar-refractivity contribution is -0.127. The van der Waals surface area contributed by atoms with Crippen LogP contribution in [0.4, 0.5) is 5.82 Å². The summed E-state index contributed by atoms with van der Waals surface area (Å²) in [6.07, 6.45) is 5.66. The minimum absolute atomic E-state index is 0.0184. The van der Waals surface area contributed by atoms with Crippen LogP contribution >= 0.6 is 0 Å². The molecule has 37 heavy (non-hydrogen) atoms. The summed E-state index contributed by atoms with van der Waals surface area (Å²) in [4.78, 5) is 35.3. The molecule has 0 saturated carbocycles. The number of carbonyl (C=O) groups is 2. The van der Waals surface area contributed by atoms with E-state index in [1.54, 1.807) is 4.90 Å². The van der Waals surface area contributed by atoms with Gasteiger partial charge in [-0.3, -0.25) is 9.59 Å². The second-order valence-corrected chi connectivity index (χ2v) is 9.52. The first-order chi connectivity index (χ1) is 17.9. The van der Waals surface area contributed by atoms with Crippen molar-refractivity contribution in [2.75, 3.05) is 18.8 Å². The van der Waals surface area contributed by atoms with E-state index in [1.165, 1.54) is 12.4 Å². The van der Waals surface area contributed by atoms with E-state index in [0.29, 0.717) is 48.5 Å². The summed E-state index contributed by atoms with van der Waals surface area (Å²) < 4.78 is 1.89. The van der Waals surface area contributed by atoms with E-state index in [9.17, 15) is 9.59 Å². The van der Waals surface area contributed by atoms with Crippen molar-refractivity contribution in [3.63, 3.8) is 0 Å². The van der Waals surface area contributed by atoms with Crippen molar-refractivity contribution in [1.82, 2.24) is 24.6 Å². The minimum Gasteiger partial charge on any atom is -0.383 e. The molecule has 0 aliphatic carbocycles. The second-order valence-electron chi connectivity index (χ2n) is 9.52. The smallest absolute Gasteiger partial charge is 0.246 e. The van der Waals surface area contributed by atoms with Gasteiger partial charge in [-0.1, -0.05) is 54.6 Å². The average Bonchev–Trinajstić information content (AvgIpc) is 3.32. The first-order valence-electron chi connectivity index (χ1n) is 12.5. The van der Waals surface area contributed by atoms with Gasteiger partial charge in [0.05, 0.1) is 11.4 Å². The van der Waals surface area contributed by atoms with Gasteiger partial charge in [-0.05, 0) is 43.9 Å². The molecule has 8 heteroatoms. The summed E-state index contributed by atoms with van der Waals surface area (Å²) in [5.74, 6) is 0.430. The van der Waals surface area contributed by atoms with Crippen LogP contribution in [0.5, 0.6) is 0 Å². The molecule has 8 nitrogen and oxygen atoms in total. The van der Waals surface area contributed by atoms with E-state index < -0.39 is 0 Å². The number of aromatic nitrogens is 4. The molecule has 0 unspecified atom stereocenters. The predicted molar refractivity (Wildman–Crippen MR) is 144 cm³/mol. The molecule has 2 aromatic heterocycles. The molecular formula is C29H30N6O2. The Bertz CT molecular complexity index is 1470. The topological polar surface area (TPSA) is 107 Å². The molecule has 1 aliphatic heterocycles. The summed E-state index contributed by atoms with van der Waals surface area (Å²) in [5.41, 5.74) is 11.5. The van der Waals surface area contributed by atoms with Crippen molar-refractivity contribution < 1.29 is 9.59 Å². The van der Waals surface area contributed by atoms with Crippen molar-refractivity contribution in [1.29, 1.82) is 0 Å². The summed E-state index contributed by atoms with van der Waals surface area (Å²) in [6, 6.07) is 15.7. The fraction of sp³-hybridized carbons (Fsp3) is 0.276. The zero-order valence-electron chi connectivity index (χ0n) is 20.9. The Labute approximate surface area is 215 Å². The molecule has 5 rings (SSSR count). The molecular weight excluding hydrogens is 464 g/mol. The Balaban J connectivity index is 1.39. The van der Waals surface area contributed by atoms with E-state index in [-0.39, 0.29) is 17.7 Å². The number of carbonyl (C=O) groups excluding carboxylic acids is 2. The zero-order valence-corrected chi connectivity index (χ0v) is 20.9. The van der Waals surface area contributed by atoms with Crippen LogP contribution in [0.15, 0.2) is 67.5 Å². The maximum absolute atomic E-state index is 12.6. The minimum atomic E-state index is -0.0769. The highest BCUT2D eigenvalue weighted by Crippen LogP contribution is 2.34. The molecule has 1 saturated heterocycles. The summed E-state index contributed by atoms with van der Waals surface area (Å²) in [6.45, 7) is 6.85.